The number of rotatable bonds is 7. The normalized spacial score (nSPS) is 11.4. The molecule has 1 heterocycles. The molecule has 1 atom stereocenters. The first-order valence-corrected chi connectivity index (χ1v) is 8.88. The highest BCUT2D eigenvalue weighted by Crippen LogP contribution is 2.33. The molecule has 2 aromatic carbocycles. The topological polar surface area (TPSA) is 44.5 Å². The van der Waals surface area contributed by atoms with Crippen LogP contribution >= 0.6 is 23.7 Å². The Morgan fingerprint density at radius 3 is 2.44 bits per heavy atom. The molecular weight excluding hydrogens is 354 g/mol. The van der Waals surface area contributed by atoms with E-state index in [4.69, 9.17) is 15.2 Å². The van der Waals surface area contributed by atoms with E-state index in [9.17, 15) is 0 Å². The van der Waals surface area contributed by atoms with Gasteiger partial charge in [0.2, 0.25) is 0 Å². The molecule has 3 aromatic rings. The van der Waals surface area contributed by atoms with Crippen LogP contribution in [0.15, 0.2) is 66.0 Å². The summed E-state index contributed by atoms with van der Waals surface area (Å²) in [7, 11) is 0. The van der Waals surface area contributed by atoms with E-state index in [0.717, 1.165) is 27.5 Å². The second-order valence-corrected chi connectivity index (χ2v) is 6.39. The Hall–Kier alpha value is -2.01. The minimum atomic E-state index is -0.146. The van der Waals surface area contributed by atoms with E-state index in [1.165, 1.54) is 0 Å². The van der Waals surface area contributed by atoms with Gasteiger partial charge >= 0.3 is 0 Å². The van der Waals surface area contributed by atoms with Crippen LogP contribution in [0.3, 0.4) is 0 Å². The SMILES string of the molecule is CCOc1cc([C@H](N)c2cccs2)ccc1OCc1ccccc1.Cl. The van der Waals surface area contributed by atoms with Crippen LogP contribution in [0.4, 0.5) is 0 Å². The molecule has 132 valence electrons. The van der Waals surface area contributed by atoms with Gasteiger partial charge < -0.3 is 15.2 Å². The molecule has 3 nitrogen and oxygen atoms in total. The van der Waals surface area contributed by atoms with Gasteiger partial charge in [-0.2, -0.15) is 0 Å². The summed E-state index contributed by atoms with van der Waals surface area (Å²) in [4.78, 5) is 1.13. The molecule has 3 rings (SSSR count). The van der Waals surface area contributed by atoms with Crippen molar-refractivity contribution in [3.63, 3.8) is 0 Å². The summed E-state index contributed by atoms with van der Waals surface area (Å²) in [6, 6.07) is 19.9. The van der Waals surface area contributed by atoms with Crippen molar-refractivity contribution in [2.45, 2.75) is 19.6 Å². The first-order chi connectivity index (χ1) is 11.8. The number of hydrogen-bond acceptors (Lipinski definition) is 4. The minimum Gasteiger partial charge on any atom is -0.490 e. The third kappa shape index (κ3) is 4.98. The molecule has 0 saturated carbocycles. The summed E-state index contributed by atoms with van der Waals surface area (Å²) in [5, 5.41) is 2.04. The van der Waals surface area contributed by atoms with Crippen LogP contribution in [0.2, 0.25) is 0 Å². The highest BCUT2D eigenvalue weighted by Gasteiger charge is 2.14. The average Bonchev–Trinajstić information content (AvgIpc) is 3.16. The van der Waals surface area contributed by atoms with E-state index in [1.807, 2.05) is 66.9 Å². The van der Waals surface area contributed by atoms with Gasteiger partial charge in [-0.3, -0.25) is 0 Å². The zero-order valence-corrected chi connectivity index (χ0v) is 15.7. The lowest BCUT2D eigenvalue weighted by Crippen LogP contribution is -2.10. The van der Waals surface area contributed by atoms with Crippen molar-refractivity contribution in [3.05, 3.63) is 82.0 Å². The monoisotopic (exact) mass is 375 g/mol. The van der Waals surface area contributed by atoms with Crippen molar-refractivity contribution >= 4 is 23.7 Å². The quantitative estimate of drug-likeness (QED) is 0.617. The van der Waals surface area contributed by atoms with Gasteiger partial charge in [-0.05, 0) is 41.6 Å². The third-order valence-corrected chi connectivity index (χ3v) is 4.67. The molecule has 1 aromatic heterocycles. The average molecular weight is 376 g/mol. The Bertz CT molecular complexity index is 763. The number of halogens is 1. The highest BCUT2D eigenvalue weighted by molar-refractivity contribution is 7.10. The van der Waals surface area contributed by atoms with E-state index >= 15 is 0 Å². The zero-order chi connectivity index (χ0) is 16.8. The van der Waals surface area contributed by atoms with Gasteiger partial charge in [-0.1, -0.05) is 42.5 Å². The molecule has 0 radical (unpaired) electrons. The van der Waals surface area contributed by atoms with E-state index in [0.29, 0.717) is 13.2 Å². The smallest absolute Gasteiger partial charge is 0.161 e. The molecule has 0 unspecified atom stereocenters. The molecule has 5 heteroatoms. The number of benzene rings is 2. The summed E-state index contributed by atoms with van der Waals surface area (Å²) >= 11 is 1.66. The summed E-state index contributed by atoms with van der Waals surface area (Å²) in [5.41, 5.74) is 8.50. The van der Waals surface area contributed by atoms with Gasteiger partial charge in [0.25, 0.3) is 0 Å². The Labute approximate surface area is 158 Å². The predicted molar refractivity (Wildman–Crippen MR) is 106 cm³/mol. The van der Waals surface area contributed by atoms with Crippen LogP contribution in [0.1, 0.15) is 29.0 Å². The van der Waals surface area contributed by atoms with Crippen LogP contribution in [0, 0.1) is 0 Å². The largest absolute Gasteiger partial charge is 0.490 e. The van der Waals surface area contributed by atoms with Gasteiger partial charge in [0.05, 0.1) is 12.6 Å². The van der Waals surface area contributed by atoms with E-state index in [2.05, 4.69) is 6.07 Å². The van der Waals surface area contributed by atoms with Crippen molar-refractivity contribution in [3.8, 4) is 11.5 Å². The molecule has 0 saturated heterocycles. The Morgan fingerprint density at radius 2 is 1.76 bits per heavy atom. The van der Waals surface area contributed by atoms with Crippen molar-refractivity contribution < 1.29 is 9.47 Å². The van der Waals surface area contributed by atoms with Crippen LogP contribution in [0.25, 0.3) is 0 Å². The summed E-state index contributed by atoms with van der Waals surface area (Å²) in [5.74, 6) is 1.47. The fraction of sp³-hybridized carbons (Fsp3) is 0.200. The first-order valence-electron chi connectivity index (χ1n) is 8.00. The van der Waals surface area contributed by atoms with Gasteiger partial charge in [0, 0.05) is 4.88 Å². The van der Waals surface area contributed by atoms with Crippen LogP contribution in [-0.4, -0.2) is 6.61 Å². The lowest BCUT2D eigenvalue weighted by atomic mass is 10.1. The molecule has 0 amide bonds. The molecule has 0 spiro atoms. The standard InChI is InChI=1S/C20H21NO2S.ClH/c1-2-22-18-13-16(20(21)19-9-6-12-24-19)10-11-17(18)23-14-15-7-4-3-5-8-15;/h3-13,20H,2,14,21H2,1H3;1H/t20-;/m0./s1. The number of nitrogens with two attached hydrogens (primary N) is 1. The van der Waals surface area contributed by atoms with Crippen molar-refractivity contribution in [1.82, 2.24) is 0 Å². The lowest BCUT2D eigenvalue weighted by molar-refractivity contribution is 0.269. The first kappa shape index (κ1) is 19.3. The molecular formula is C20H22ClNO2S. The van der Waals surface area contributed by atoms with Crippen LogP contribution in [-0.2, 0) is 6.61 Å². The van der Waals surface area contributed by atoms with Crippen molar-refractivity contribution in [1.29, 1.82) is 0 Å². The van der Waals surface area contributed by atoms with Gasteiger partial charge in [-0.15, -0.1) is 23.7 Å². The van der Waals surface area contributed by atoms with Crippen LogP contribution in [0.5, 0.6) is 11.5 Å². The predicted octanol–water partition coefficient (Wildman–Crippen LogP) is 5.20. The van der Waals surface area contributed by atoms with E-state index in [-0.39, 0.29) is 18.4 Å². The summed E-state index contributed by atoms with van der Waals surface area (Å²) in [6.45, 7) is 3.06. The molecule has 0 bridgehead atoms. The number of ether oxygens (including phenoxy) is 2. The second kappa shape index (κ2) is 9.47. The van der Waals surface area contributed by atoms with Crippen molar-refractivity contribution in [2.75, 3.05) is 6.61 Å². The van der Waals surface area contributed by atoms with Gasteiger partial charge in [-0.25, -0.2) is 0 Å². The third-order valence-electron chi connectivity index (χ3n) is 3.71. The molecule has 0 aliphatic carbocycles. The molecule has 0 aliphatic rings. The van der Waals surface area contributed by atoms with Crippen molar-refractivity contribution in [2.24, 2.45) is 5.73 Å². The molecule has 0 fully saturated rings. The number of hydrogen-bond donors (Lipinski definition) is 1. The second-order valence-electron chi connectivity index (χ2n) is 5.41. The maximum Gasteiger partial charge on any atom is 0.161 e. The Morgan fingerprint density at radius 1 is 0.960 bits per heavy atom. The molecule has 0 aliphatic heterocycles. The molecule has 25 heavy (non-hydrogen) atoms. The van der Waals surface area contributed by atoms with Gasteiger partial charge in [0.15, 0.2) is 11.5 Å². The fourth-order valence-electron chi connectivity index (χ4n) is 2.47. The van der Waals surface area contributed by atoms with E-state index in [1.54, 1.807) is 11.3 Å². The maximum absolute atomic E-state index is 6.35. The minimum absolute atomic E-state index is 0. The lowest BCUT2D eigenvalue weighted by Gasteiger charge is -2.16. The highest BCUT2D eigenvalue weighted by atomic mass is 35.5. The zero-order valence-electron chi connectivity index (χ0n) is 14.1. The Kier molecular flexibility index (Phi) is 7.31. The van der Waals surface area contributed by atoms with Crippen LogP contribution < -0.4 is 15.2 Å². The van der Waals surface area contributed by atoms with Gasteiger partial charge in [0.1, 0.15) is 6.61 Å². The summed E-state index contributed by atoms with van der Waals surface area (Å²) < 4.78 is 11.7. The molecule has 2 N–H and O–H groups in total. The maximum atomic E-state index is 6.35. The van der Waals surface area contributed by atoms with E-state index < -0.39 is 0 Å². The fourth-order valence-corrected chi connectivity index (χ4v) is 3.23. The summed E-state index contributed by atoms with van der Waals surface area (Å²) in [6.07, 6.45) is 0. The number of thiophene rings is 1. The Balaban J connectivity index is 0.00000225.